The van der Waals surface area contributed by atoms with Crippen molar-refractivity contribution in [3.8, 4) is 5.75 Å². The standard InChI is InChI=1S/C19H16ClF2N3O2/c1-12-10-17(24-25(12)11-13-6-8-14(20)9-7-13)23-18(26)15-4-2-3-5-16(15)27-19(21)22/h2-10,19H,11H2,1H3,(H,23,24,26). The smallest absolute Gasteiger partial charge is 0.387 e. The third kappa shape index (κ3) is 4.83. The first-order valence-electron chi connectivity index (χ1n) is 8.06. The van der Waals surface area contributed by atoms with Crippen LogP contribution in [0.25, 0.3) is 0 Å². The Hall–Kier alpha value is -2.93. The van der Waals surface area contributed by atoms with Crippen LogP contribution in [0.5, 0.6) is 5.75 Å². The third-order valence-corrected chi connectivity index (χ3v) is 4.07. The summed E-state index contributed by atoms with van der Waals surface area (Å²) in [5.41, 5.74) is 1.83. The molecule has 0 fully saturated rings. The Labute approximate surface area is 159 Å². The lowest BCUT2D eigenvalue weighted by Gasteiger charge is -2.09. The highest BCUT2D eigenvalue weighted by atomic mass is 35.5. The number of halogens is 3. The summed E-state index contributed by atoms with van der Waals surface area (Å²) in [5.74, 6) is -0.456. The minimum Gasteiger partial charge on any atom is -0.434 e. The van der Waals surface area contributed by atoms with E-state index in [0.717, 1.165) is 11.3 Å². The van der Waals surface area contributed by atoms with E-state index < -0.39 is 12.5 Å². The first-order valence-corrected chi connectivity index (χ1v) is 8.44. The van der Waals surface area contributed by atoms with Crippen molar-refractivity contribution in [2.24, 2.45) is 0 Å². The second-order valence-corrected chi connectivity index (χ2v) is 6.22. The molecule has 1 amide bonds. The predicted octanol–water partition coefficient (Wildman–Crippen LogP) is 4.75. The number of nitrogens with zero attached hydrogens (tertiary/aromatic N) is 2. The molecule has 1 aromatic heterocycles. The van der Waals surface area contributed by atoms with Crippen LogP contribution in [0.3, 0.4) is 0 Å². The Kier molecular flexibility index (Phi) is 5.71. The molecule has 27 heavy (non-hydrogen) atoms. The Morgan fingerprint density at radius 3 is 2.63 bits per heavy atom. The number of ether oxygens (including phenoxy) is 1. The van der Waals surface area contributed by atoms with Gasteiger partial charge in [0, 0.05) is 16.8 Å². The molecule has 0 saturated carbocycles. The molecule has 140 valence electrons. The van der Waals surface area contributed by atoms with Crippen molar-refractivity contribution in [2.45, 2.75) is 20.1 Å². The number of hydrogen-bond donors (Lipinski definition) is 1. The highest BCUT2D eigenvalue weighted by molar-refractivity contribution is 6.30. The average molecular weight is 392 g/mol. The molecule has 1 N–H and O–H groups in total. The van der Waals surface area contributed by atoms with Crippen molar-refractivity contribution in [1.82, 2.24) is 9.78 Å². The molecule has 0 unspecified atom stereocenters. The minimum absolute atomic E-state index is 0.00250. The molecule has 0 atom stereocenters. The zero-order valence-electron chi connectivity index (χ0n) is 14.3. The van der Waals surface area contributed by atoms with Crippen molar-refractivity contribution in [3.05, 3.63) is 76.4 Å². The molecule has 0 aliphatic rings. The second-order valence-electron chi connectivity index (χ2n) is 5.78. The van der Waals surface area contributed by atoms with Gasteiger partial charge in [-0.05, 0) is 36.8 Å². The first kappa shape index (κ1) is 18.8. The van der Waals surface area contributed by atoms with Gasteiger partial charge in [0.25, 0.3) is 5.91 Å². The molecular formula is C19H16ClF2N3O2. The maximum Gasteiger partial charge on any atom is 0.387 e. The average Bonchev–Trinajstić information content (AvgIpc) is 2.96. The summed E-state index contributed by atoms with van der Waals surface area (Å²) in [4.78, 5) is 12.4. The SMILES string of the molecule is Cc1cc(NC(=O)c2ccccc2OC(F)F)nn1Cc1ccc(Cl)cc1. The summed E-state index contributed by atoms with van der Waals surface area (Å²) < 4.78 is 31.1. The van der Waals surface area contributed by atoms with E-state index in [2.05, 4.69) is 15.2 Å². The molecule has 0 bridgehead atoms. The molecule has 5 nitrogen and oxygen atoms in total. The number of alkyl halides is 2. The highest BCUT2D eigenvalue weighted by Gasteiger charge is 2.17. The summed E-state index contributed by atoms with van der Waals surface area (Å²) in [6, 6.07) is 14.9. The number of aryl methyl sites for hydroxylation is 1. The summed E-state index contributed by atoms with van der Waals surface area (Å²) in [6.45, 7) is -0.657. The fraction of sp³-hybridized carbons (Fsp3) is 0.158. The Morgan fingerprint density at radius 2 is 1.93 bits per heavy atom. The number of rotatable bonds is 6. The molecule has 2 aromatic carbocycles. The number of nitrogens with one attached hydrogen (secondary N) is 1. The van der Waals surface area contributed by atoms with Gasteiger partial charge in [-0.15, -0.1) is 0 Å². The Balaban J connectivity index is 1.75. The van der Waals surface area contributed by atoms with E-state index in [9.17, 15) is 13.6 Å². The summed E-state index contributed by atoms with van der Waals surface area (Å²) in [6.07, 6.45) is 0. The normalized spacial score (nSPS) is 10.9. The van der Waals surface area contributed by atoms with Crippen LogP contribution in [0.4, 0.5) is 14.6 Å². The van der Waals surface area contributed by atoms with Crippen LogP contribution >= 0.6 is 11.6 Å². The van der Waals surface area contributed by atoms with Crippen molar-refractivity contribution < 1.29 is 18.3 Å². The van der Waals surface area contributed by atoms with Crippen molar-refractivity contribution >= 4 is 23.3 Å². The topological polar surface area (TPSA) is 56.1 Å². The molecule has 3 aromatic rings. The van der Waals surface area contributed by atoms with Crippen molar-refractivity contribution in [1.29, 1.82) is 0 Å². The largest absolute Gasteiger partial charge is 0.434 e. The van der Waals surface area contributed by atoms with Crippen LogP contribution in [0.2, 0.25) is 5.02 Å². The molecule has 0 saturated heterocycles. The summed E-state index contributed by atoms with van der Waals surface area (Å²) in [5, 5.41) is 7.60. The zero-order chi connectivity index (χ0) is 19.4. The fourth-order valence-corrected chi connectivity index (χ4v) is 2.66. The summed E-state index contributed by atoms with van der Waals surface area (Å²) >= 11 is 5.88. The third-order valence-electron chi connectivity index (χ3n) is 3.82. The van der Waals surface area contributed by atoms with E-state index in [1.54, 1.807) is 28.9 Å². The van der Waals surface area contributed by atoms with E-state index >= 15 is 0 Å². The van der Waals surface area contributed by atoms with Crippen LogP contribution in [-0.2, 0) is 6.54 Å². The van der Waals surface area contributed by atoms with E-state index in [1.807, 2.05) is 19.1 Å². The van der Waals surface area contributed by atoms with Crippen LogP contribution < -0.4 is 10.1 Å². The molecule has 3 rings (SSSR count). The number of hydrogen-bond acceptors (Lipinski definition) is 3. The van der Waals surface area contributed by atoms with Gasteiger partial charge < -0.3 is 10.1 Å². The van der Waals surface area contributed by atoms with E-state index in [-0.39, 0.29) is 11.3 Å². The molecule has 0 radical (unpaired) electrons. The van der Waals surface area contributed by atoms with Crippen LogP contribution in [0.1, 0.15) is 21.6 Å². The number of carbonyl (C=O) groups is 1. The number of para-hydroxylation sites is 1. The van der Waals surface area contributed by atoms with Gasteiger partial charge in [-0.3, -0.25) is 9.48 Å². The predicted molar refractivity (Wildman–Crippen MR) is 98.5 cm³/mol. The molecule has 8 heteroatoms. The number of anilines is 1. The maximum atomic E-state index is 12.5. The zero-order valence-corrected chi connectivity index (χ0v) is 15.1. The van der Waals surface area contributed by atoms with Gasteiger partial charge in [0.05, 0.1) is 12.1 Å². The Morgan fingerprint density at radius 1 is 1.22 bits per heavy atom. The Bertz CT molecular complexity index is 942. The summed E-state index contributed by atoms with van der Waals surface area (Å²) in [7, 11) is 0. The molecule has 0 aliphatic heterocycles. The number of aromatic nitrogens is 2. The molecule has 1 heterocycles. The lowest BCUT2D eigenvalue weighted by Crippen LogP contribution is -2.15. The van der Waals surface area contributed by atoms with E-state index in [1.165, 1.54) is 18.2 Å². The first-order chi connectivity index (χ1) is 12.9. The molecule has 0 aliphatic carbocycles. The monoisotopic (exact) mass is 391 g/mol. The van der Waals surface area contributed by atoms with Gasteiger partial charge in [-0.2, -0.15) is 13.9 Å². The fourth-order valence-electron chi connectivity index (χ4n) is 2.53. The molecular weight excluding hydrogens is 376 g/mol. The van der Waals surface area contributed by atoms with Crippen LogP contribution in [0, 0.1) is 6.92 Å². The number of benzene rings is 2. The van der Waals surface area contributed by atoms with Gasteiger partial charge in [0.1, 0.15) is 5.75 Å². The van der Waals surface area contributed by atoms with Gasteiger partial charge in [-0.1, -0.05) is 35.9 Å². The van der Waals surface area contributed by atoms with Gasteiger partial charge in [-0.25, -0.2) is 0 Å². The lowest BCUT2D eigenvalue weighted by atomic mass is 10.2. The highest BCUT2D eigenvalue weighted by Crippen LogP contribution is 2.22. The number of amides is 1. The minimum atomic E-state index is -3.01. The van der Waals surface area contributed by atoms with Gasteiger partial charge in [0.15, 0.2) is 5.82 Å². The second kappa shape index (κ2) is 8.18. The van der Waals surface area contributed by atoms with Gasteiger partial charge >= 0.3 is 6.61 Å². The van der Waals surface area contributed by atoms with Crippen molar-refractivity contribution in [3.63, 3.8) is 0 Å². The van der Waals surface area contributed by atoms with Crippen LogP contribution in [-0.4, -0.2) is 22.3 Å². The lowest BCUT2D eigenvalue weighted by molar-refractivity contribution is -0.0501. The molecule has 0 spiro atoms. The van der Waals surface area contributed by atoms with E-state index in [0.29, 0.717) is 17.4 Å². The number of carbonyl (C=O) groups excluding carboxylic acids is 1. The van der Waals surface area contributed by atoms with Gasteiger partial charge in [0.2, 0.25) is 0 Å². The van der Waals surface area contributed by atoms with E-state index in [4.69, 9.17) is 11.6 Å². The van der Waals surface area contributed by atoms with Crippen LogP contribution in [0.15, 0.2) is 54.6 Å². The quantitative estimate of drug-likeness (QED) is 0.660. The maximum absolute atomic E-state index is 12.5. The van der Waals surface area contributed by atoms with Crippen molar-refractivity contribution in [2.75, 3.05) is 5.32 Å².